The Morgan fingerprint density at radius 2 is 1.94 bits per heavy atom. The van der Waals surface area contributed by atoms with Crippen molar-refractivity contribution in [3.63, 3.8) is 0 Å². The summed E-state index contributed by atoms with van der Waals surface area (Å²) in [4.78, 5) is 27.8. The maximum Gasteiger partial charge on any atom is 0.323 e. The molecular weight excluding hydrogens is 444 g/mol. The number of rotatable bonds is 7. The van der Waals surface area contributed by atoms with Crippen molar-refractivity contribution in [1.29, 1.82) is 0 Å². The molecule has 2 aliphatic heterocycles. The highest BCUT2D eigenvalue weighted by atomic mass is 35.5. The van der Waals surface area contributed by atoms with E-state index < -0.39 is 11.9 Å². The van der Waals surface area contributed by atoms with Gasteiger partial charge in [0.2, 0.25) is 5.91 Å². The molecule has 1 spiro atoms. The predicted molar refractivity (Wildman–Crippen MR) is 124 cm³/mol. The van der Waals surface area contributed by atoms with Crippen molar-refractivity contribution in [2.24, 2.45) is 5.92 Å². The van der Waals surface area contributed by atoms with E-state index >= 15 is 0 Å². The Labute approximate surface area is 198 Å². The minimum absolute atomic E-state index is 0.0800. The predicted octanol–water partition coefficient (Wildman–Crippen LogP) is 3.27. The first kappa shape index (κ1) is 23.5. The van der Waals surface area contributed by atoms with Crippen molar-refractivity contribution in [3.8, 4) is 5.75 Å². The number of phenolic OH excluding ortho intramolecular Hbond substituents is 1. The summed E-state index contributed by atoms with van der Waals surface area (Å²) >= 11 is 6.32. The van der Waals surface area contributed by atoms with Crippen LogP contribution in [0.25, 0.3) is 0 Å². The number of aromatic hydroxyl groups is 1. The summed E-state index contributed by atoms with van der Waals surface area (Å²) in [5.41, 5.74) is 2.92. The third-order valence-corrected chi connectivity index (χ3v) is 7.12. The van der Waals surface area contributed by atoms with Gasteiger partial charge in [0.1, 0.15) is 12.3 Å². The van der Waals surface area contributed by atoms with Crippen LogP contribution in [-0.4, -0.2) is 65.1 Å². The van der Waals surface area contributed by atoms with E-state index in [1.54, 1.807) is 12.1 Å². The molecule has 2 N–H and O–H groups in total. The minimum atomic E-state index is -1.06. The molecule has 0 aliphatic carbocycles. The number of halogens is 1. The highest BCUT2D eigenvalue weighted by molar-refractivity contribution is 6.31. The van der Waals surface area contributed by atoms with E-state index in [-0.39, 0.29) is 23.8 Å². The number of carbonyl (C=O) groups excluding carboxylic acids is 1. The van der Waals surface area contributed by atoms with Gasteiger partial charge in [-0.2, -0.15) is 0 Å². The molecule has 0 aromatic heterocycles. The number of hydrogen-bond acceptors (Lipinski definition) is 5. The van der Waals surface area contributed by atoms with Gasteiger partial charge in [0, 0.05) is 31.7 Å². The fourth-order valence-corrected chi connectivity index (χ4v) is 5.21. The largest absolute Gasteiger partial charge is 0.508 e. The lowest BCUT2D eigenvalue weighted by Crippen LogP contribution is -2.47. The van der Waals surface area contributed by atoms with Crippen LogP contribution in [0, 0.1) is 5.92 Å². The van der Waals surface area contributed by atoms with Crippen molar-refractivity contribution in [2.75, 3.05) is 33.2 Å². The maximum atomic E-state index is 13.2. The molecule has 1 amide bonds. The number of ether oxygens (including phenoxy) is 1. The third-order valence-electron chi connectivity index (χ3n) is 6.75. The average Bonchev–Trinajstić information content (AvgIpc) is 3.14. The second-order valence-electron chi connectivity index (χ2n) is 9.01. The molecule has 4 rings (SSSR count). The van der Waals surface area contributed by atoms with Gasteiger partial charge in [-0.15, -0.1) is 0 Å². The number of likely N-dealkylation sites (N-methyl/N-ethyl adjacent to an activating group) is 1. The van der Waals surface area contributed by atoms with Gasteiger partial charge >= 0.3 is 5.97 Å². The topological polar surface area (TPSA) is 90.3 Å². The van der Waals surface area contributed by atoms with E-state index in [9.17, 15) is 14.7 Å². The van der Waals surface area contributed by atoms with Gasteiger partial charge in [0.25, 0.3) is 0 Å². The van der Waals surface area contributed by atoms with E-state index in [0.717, 1.165) is 25.9 Å². The number of hydrogen-bond donors (Lipinski definition) is 2. The molecular formula is C25H29ClN2O5. The molecule has 1 fully saturated rings. The Hall–Kier alpha value is -2.61. The van der Waals surface area contributed by atoms with Crippen molar-refractivity contribution >= 4 is 23.5 Å². The Morgan fingerprint density at radius 1 is 1.21 bits per heavy atom. The van der Waals surface area contributed by atoms with Gasteiger partial charge in [-0.3, -0.25) is 9.59 Å². The lowest BCUT2D eigenvalue weighted by Gasteiger charge is -2.40. The Bertz CT molecular complexity index is 1040. The number of nitrogens with zero attached hydrogens (tertiary/aromatic N) is 2. The van der Waals surface area contributed by atoms with Crippen molar-refractivity contribution in [3.05, 3.63) is 64.2 Å². The molecule has 33 heavy (non-hydrogen) atoms. The second kappa shape index (κ2) is 9.71. The van der Waals surface area contributed by atoms with Gasteiger partial charge in [-0.25, -0.2) is 0 Å². The molecule has 2 heterocycles. The fourth-order valence-electron chi connectivity index (χ4n) is 5.01. The normalized spacial score (nSPS) is 18.1. The lowest BCUT2D eigenvalue weighted by molar-refractivity contribution is -0.145. The quantitative estimate of drug-likeness (QED) is 0.642. The average molecular weight is 473 g/mol. The molecule has 2 aromatic rings. The number of piperidine rings is 1. The Balaban J connectivity index is 1.48. The van der Waals surface area contributed by atoms with Crippen molar-refractivity contribution < 1.29 is 24.5 Å². The summed E-state index contributed by atoms with van der Waals surface area (Å²) in [5, 5.41) is 19.5. The van der Waals surface area contributed by atoms with Gasteiger partial charge in [0.15, 0.2) is 0 Å². The number of likely N-dealkylation sites (tertiary alicyclic amines) is 1. The van der Waals surface area contributed by atoms with Crippen LogP contribution in [-0.2, 0) is 33.0 Å². The van der Waals surface area contributed by atoms with E-state index in [4.69, 9.17) is 21.4 Å². The first-order valence-corrected chi connectivity index (χ1v) is 11.5. The van der Waals surface area contributed by atoms with Crippen LogP contribution in [0.3, 0.4) is 0 Å². The van der Waals surface area contributed by atoms with Gasteiger partial charge < -0.3 is 24.7 Å². The minimum Gasteiger partial charge on any atom is -0.508 e. The summed E-state index contributed by atoms with van der Waals surface area (Å²) in [7, 11) is 1.50. The zero-order valence-electron chi connectivity index (χ0n) is 18.7. The number of carbonyl (C=O) groups is 2. The first-order chi connectivity index (χ1) is 15.8. The van der Waals surface area contributed by atoms with Crippen molar-refractivity contribution in [1.82, 2.24) is 9.80 Å². The standard InChI is InChI=1S/C25H29ClN2O5/c1-27(15-23(30)31)24(32)19(12-18-13-20(29)6-7-22(18)26)14-28-10-8-25(9-11-28)21-5-3-2-4-17(21)16-33-25/h2-7,13,19,29H,8-12,14-16H2,1H3,(H,30,31). The van der Waals surface area contributed by atoms with Crippen LogP contribution in [0.5, 0.6) is 5.75 Å². The zero-order valence-corrected chi connectivity index (χ0v) is 19.4. The van der Waals surface area contributed by atoms with E-state index in [1.807, 2.05) is 12.1 Å². The van der Waals surface area contributed by atoms with Crippen LogP contribution in [0.4, 0.5) is 0 Å². The highest BCUT2D eigenvalue weighted by Crippen LogP contribution is 2.44. The number of phenols is 1. The summed E-state index contributed by atoms with van der Waals surface area (Å²) < 4.78 is 6.25. The molecule has 1 unspecified atom stereocenters. The molecule has 8 heteroatoms. The Kier molecular flexibility index (Phi) is 6.93. The smallest absolute Gasteiger partial charge is 0.323 e. The molecule has 1 atom stereocenters. The number of carboxylic acid groups (broad SMARTS) is 1. The van der Waals surface area contributed by atoms with Crippen LogP contribution < -0.4 is 0 Å². The molecule has 7 nitrogen and oxygen atoms in total. The molecule has 1 saturated heterocycles. The molecule has 2 aliphatic rings. The number of aliphatic carboxylic acids is 1. The zero-order chi connectivity index (χ0) is 23.6. The van der Waals surface area contributed by atoms with Crippen LogP contribution in [0.2, 0.25) is 5.02 Å². The van der Waals surface area contributed by atoms with Gasteiger partial charge in [-0.1, -0.05) is 35.9 Å². The SMILES string of the molecule is CN(CC(=O)O)C(=O)C(Cc1cc(O)ccc1Cl)CN1CCC2(CC1)OCc1ccccc12. The molecule has 0 bridgehead atoms. The number of carboxylic acids is 1. The number of fused-ring (bicyclic) bond motifs is 2. The molecule has 2 aromatic carbocycles. The fraction of sp³-hybridized carbons (Fsp3) is 0.440. The number of benzene rings is 2. The van der Waals surface area contributed by atoms with E-state index in [0.29, 0.717) is 30.2 Å². The monoisotopic (exact) mass is 472 g/mol. The lowest BCUT2D eigenvalue weighted by atomic mass is 9.83. The summed E-state index contributed by atoms with van der Waals surface area (Å²) in [6.45, 7) is 2.29. The second-order valence-corrected chi connectivity index (χ2v) is 9.41. The number of amides is 1. The van der Waals surface area contributed by atoms with E-state index in [2.05, 4.69) is 17.0 Å². The van der Waals surface area contributed by atoms with Gasteiger partial charge in [0.05, 0.1) is 18.1 Å². The summed E-state index contributed by atoms with van der Waals surface area (Å²) in [6, 6.07) is 13.0. The van der Waals surface area contributed by atoms with Crippen molar-refractivity contribution in [2.45, 2.75) is 31.5 Å². The first-order valence-electron chi connectivity index (χ1n) is 11.2. The molecule has 0 radical (unpaired) electrons. The van der Waals surface area contributed by atoms with Crippen LogP contribution >= 0.6 is 11.6 Å². The Morgan fingerprint density at radius 3 is 2.67 bits per heavy atom. The third kappa shape index (κ3) is 5.16. The molecule has 0 saturated carbocycles. The van der Waals surface area contributed by atoms with Gasteiger partial charge in [-0.05, 0) is 54.2 Å². The van der Waals surface area contributed by atoms with Crippen LogP contribution in [0.15, 0.2) is 42.5 Å². The molecule has 176 valence electrons. The van der Waals surface area contributed by atoms with Crippen LogP contribution in [0.1, 0.15) is 29.5 Å². The maximum absolute atomic E-state index is 13.2. The highest BCUT2D eigenvalue weighted by Gasteiger charge is 2.43. The van der Waals surface area contributed by atoms with E-state index in [1.165, 1.54) is 29.1 Å². The summed E-state index contributed by atoms with van der Waals surface area (Å²) in [6.07, 6.45) is 1.99. The summed E-state index contributed by atoms with van der Waals surface area (Å²) in [5.74, 6) is -1.72.